The lowest BCUT2D eigenvalue weighted by molar-refractivity contribution is -0.150. The van der Waals surface area contributed by atoms with E-state index in [4.69, 9.17) is 9.84 Å². The van der Waals surface area contributed by atoms with Crippen LogP contribution < -0.4 is 0 Å². The average molecular weight is 285 g/mol. The summed E-state index contributed by atoms with van der Waals surface area (Å²) in [5.41, 5.74) is 0. The van der Waals surface area contributed by atoms with E-state index in [0.717, 1.165) is 12.8 Å². The quantitative estimate of drug-likeness (QED) is 0.744. The van der Waals surface area contributed by atoms with Gasteiger partial charge >= 0.3 is 5.97 Å². The fraction of sp³-hybridized carbons (Fsp3) is 0.867. The minimum absolute atomic E-state index is 0.0110. The first-order chi connectivity index (χ1) is 9.45. The molecule has 1 rings (SSSR count). The van der Waals surface area contributed by atoms with Crippen molar-refractivity contribution in [3.05, 3.63) is 0 Å². The molecule has 0 aliphatic heterocycles. The van der Waals surface area contributed by atoms with Crippen molar-refractivity contribution in [2.75, 3.05) is 6.54 Å². The monoisotopic (exact) mass is 285 g/mol. The van der Waals surface area contributed by atoms with Crippen LogP contribution in [0.15, 0.2) is 0 Å². The van der Waals surface area contributed by atoms with E-state index in [-0.39, 0.29) is 31.0 Å². The van der Waals surface area contributed by atoms with Crippen LogP contribution in [0.2, 0.25) is 0 Å². The molecule has 20 heavy (non-hydrogen) atoms. The molecule has 1 fully saturated rings. The lowest BCUT2D eigenvalue weighted by Gasteiger charge is -2.31. The maximum absolute atomic E-state index is 12.5. The number of carbonyl (C=O) groups is 2. The Morgan fingerprint density at radius 1 is 1.30 bits per heavy atom. The molecule has 0 spiro atoms. The number of nitrogens with zero attached hydrogens (tertiary/aromatic N) is 1. The maximum Gasteiger partial charge on any atom is 0.305 e. The second-order valence-electron chi connectivity index (χ2n) is 5.71. The van der Waals surface area contributed by atoms with E-state index in [1.165, 1.54) is 12.8 Å². The summed E-state index contributed by atoms with van der Waals surface area (Å²) in [6, 6.07) is -0.0110. The first-order valence-electron chi connectivity index (χ1n) is 7.63. The predicted octanol–water partition coefficient (Wildman–Crippen LogP) is 2.44. The molecule has 1 unspecified atom stereocenters. The fourth-order valence-corrected chi connectivity index (χ4v) is 2.61. The minimum Gasteiger partial charge on any atom is -0.481 e. The Morgan fingerprint density at radius 2 is 1.90 bits per heavy atom. The number of aliphatic carboxylic acids is 1. The summed E-state index contributed by atoms with van der Waals surface area (Å²) in [5, 5.41) is 8.78. The van der Waals surface area contributed by atoms with Gasteiger partial charge < -0.3 is 14.7 Å². The lowest BCUT2D eigenvalue weighted by Crippen LogP contribution is -2.45. The second-order valence-corrected chi connectivity index (χ2v) is 5.71. The van der Waals surface area contributed by atoms with Gasteiger partial charge in [-0.15, -0.1) is 0 Å². The van der Waals surface area contributed by atoms with E-state index < -0.39 is 12.1 Å². The molecule has 0 bridgehead atoms. The molecule has 1 amide bonds. The zero-order valence-corrected chi connectivity index (χ0v) is 12.8. The molecule has 5 nitrogen and oxygen atoms in total. The summed E-state index contributed by atoms with van der Waals surface area (Å²) in [5.74, 6) is -0.955. The van der Waals surface area contributed by atoms with Crippen molar-refractivity contribution < 1.29 is 19.4 Å². The van der Waals surface area contributed by atoms with E-state index in [1.54, 1.807) is 4.90 Å². The highest BCUT2D eigenvalue weighted by Crippen LogP contribution is 2.23. The third-order valence-corrected chi connectivity index (χ3v) is 3.78. The van der Waals surface area contributed by atoms with Crippen molar-refractivity contribution in [2.45, 2.75) is 77.5 Å². The minimum atomic E-state index is -0.881. The van der Waals surface area contributed by atoms with Crippen molar-refractivity contribution in [2.24, 2.45) is 0 Å². The first kappa shape index (κ1) is 17.0. The summed E-state index contributed by atoms with van der Waals surface area (Å²) in [6.07, 6.45) is 4.76. The van der Waals surface area contributed by atoms with Crippen LogP contribution in [0.4, 0.5) is 0 Å². The molecule has 1 aliphatic carbocycles. The van der Waals surface area contributed by atoms with Crippen molar-refractivity contribution >= 4 is 11.9 Å². The van der Waals surface area contributed by atoms with Crippen molar-refractivity contribution in [3.8, 4) is 0 Å². The molecule has 0 saturated heterocycles. The van der Waals surface area contributed by atoms with Gasteiger partial charge in [0.1, 0.15) is 6.10 Å². The molecule has 0 heterocycles. The van der Waals surface area contributed by atoms with Gasteiger partial charge in [-0.25, -0.2) is 0 Å². The molecule has 0 radical (unpaired) electrons. The molecule has 1 atom stereocenters. The van der Waals surface area contributed by atoms with Crippen LogP contribution in [0.25, 0.3) is 0 Å². The van der Waals surface area contributed by atoms with Crippen molar-refractivity contribution in [3.63, 3.8) is 0 Å². The van der Waals surface area contributed by atoms with Crippen LogP contribution in [0.5, 0.6) is 0 Å². The number of carbonyl (C=O) groups excluding carboxylic acids is 1. The summed E-state index contributed by atoms with van der Waals surface area (Å²) in [6.45, 7) is 5.99. The number of carboxylic acid groups (broad SMARTS) is 1. The predicted molar refractivity (Wildman–Crippen MR) is 76.5 cm³/mol. The van der Waals surface area contributed by atoms with Crippen LogP contribution in [0, 0.1) is 0 Å². The van der Waals surface area contributed by atoms with Crippen molar-refractivity contribution in [1.82, 2.24) is 4.90 Å². The Bertz CT molecular complexity index is 324. The zero-order valence-electron chi connectivity index (χ0n) is 12.8. The molecule has 1 N–H and O–H groups in total. The van der Waals surface area contributed by atoms with Crippen LogP contribution in [-0.4, -0.2) is 46.7 Å². The number of hydrogen-bond donors (Lipinski definition) is 1. The van der Waals surface area contributed by atoms with Gasteiger partial charge in [0.25, 0.3) is 5.91 Å². The third-order valence-electron chi connectivity index (χ3n) is 3.78. The molecule has 0 aromatic carbocycles. The number of rotatable bonds is 8. The molecular formula is C15H27NO4. The highest BCUT2D eigenvalue weighted by Gasteiger charge is 2.29. The van der Waals surface area contributed by atoms with Crippen LogP contribution in [0.3, 0.4) is 0 Å². The molecule has 5 heteroatoms. The fourth-order valence-electron chi connectivity index (χ4n) is 2.61. The van der Waals surface area contributed by atoms with Gasteiger partial charge in [-0.1, -0.05) is 19.8 Å². The van der Waals surface area contributed by atoms with E-state index in [2.05, 4.69) is 0 Å². The number of hydrogen-bond acceptors (Lipinski definition) is 3. The molecule has 1 aliphatic rings. The Kier molecular flexibility index (Phi) is 6.99. The normalized spacial score (nSPS) is 17.4. The van der Waals surface area contributed by atoms with Gasteiger partial charge in [0.05, 0.1) is 12.5 Å². The highest BCUT2D eigenvalue weighted by molar-refractivity contribution is 5.81. The van der Waals surface area contributed by atoms with E-state index in [9.17, 15) is 9.59 Å². The van der Waals surface area contributed by atoms with E-state index in [0.29, 0.717) is 6.42 Å². The van der Waals surface area contributed by atoms with Gasteiger partial charge in [0.15, 0.2) is 0 Å². The summed E-state index contributed by atoms with van der Waals surface area (Å²) in [7, 11) is 0. The molecular weight excluding hydrogens is 258 g/mol. The molecule has 0 aromatic rings. The van der Waals surface area contributed by atoms with Gasteiger partial charge in [0, 0.05) is 12.6 Å². The standard InChI is InChI=1S/C15H27NO4/c1-4-13(20-12-7-5-6-8-12)15(19)16(11(2)3)10-9-14(17)18/h11-13H,4-10H2,1-3H3,(H,17,18). The SMILES string of the molecule is CCC(OC1CCCC1)C(=O)N(CCC(=O)O)C(C)C. The van der Waals surface area contributed by atoms with Gasteiger partial charge in [-0.2, -0.15) is 0 Å². The first-order valence-corrected chi connectivity index (χ1v) is 7.63. The Balaban J connectivity index is 2.61. The topological polar surface area (TPSA) is 66.8 Å². The average Bonchev–Trinajstić information content (AvgIpc) is 2.87. The van der Waals surface area contributed by atoms with E-state index >= 15 is 0 Å². The summed E-state index contributed by atoms with van der Waals surface area (Å²) >= 11 is 0. The lowest BCUT2D eigenvalue weighted by atomic mass is 10.2. The Morgan fingerprint density at radius 3 is 2.35 bits per heavy atom. The van der Waals surface area contributed by atoms with Crippen molar-refractivity contribution in [1.29, 1.82) is 0 Å². The Hall–Kier alpha value is -1.10. The highest BCUT2D eigenvalue weighted by atomic mass is 16.5. The van der Waals surface area contributed by atoms with Gasteiger partial charge in [-0.3, -0.25) is 9.59 Å². The van der Waals surface area contributed by atoms with Crippen LogP contribution >= 0.6 is 0 Å². The molecule has 116 valence electrons. The zero-order chi connectivity index (χ0) is 15.1. The maximum atomic E-state index is 12.5. The number of carboxylic acids is 1. The number of amides is 1. The van der Waals surface area contributed by atoms with Gasteiger partial charge in [-0.05, 0) is 33.1 Å². The summed E-state index contributed by atoms with van der Waals surface area (Å²) < 4.78 is 5.92. The van der Waals surface area contributed by atoms with Crippen LogP contribution in [0.1, 0.15) is 59.3 Å². The second kappa shape index (κ2) is 8.25. The largest absolute Gasteiger partial charge is 0.481 e. The third kappa shape index (κ3) is 5.12. The number of ether oxygens (including phenoxy) is 1. The molecule has 1 saturated carbocycles. The van der Waals surface area contributed by atoms with Gasteiger partial charge in [0.2, 0.25) is 0 Å². The van der Waals surface area contributed by atoms with E-state index in [1.807, 2.05) is 20.8 Å². The van der Waals surface area contributed by atoms with Crippen LogP contribution in [-0.2, 0) is 14.3 Å². The summed E-state index contributed by atoms with van der Waals surface area (Å²) in [4.78, 5) is 24.8. The smallest absolute Gasteiger partial charge is 0.305 e. The molecule has 0 aromatic heterocycles. The Labute approximate surface area is 121 Å².